The Labute approximate surface area is 273 Å². The van der Waals surface area contributed by atoms with Gasteiger partial charge in [0, 0.05) is 13.0 Å². The van der Waals surface area contributed by atoms with Crippen molar-refractivity contribution in [1.82, 2.24) is 0 Å². The number of carbonyl (C=O) groups is 2. The first-order valence-corrected chi connectivity index (χ1v) is 18.9. The molecule has 0 fully saturated rings. The molecular weight excluding hydrogens is 597 g/mol. The summed E-state index contributed by atoms with van der Waals surface area (Å²) in [6.45, 7) is 3.75. The highest BCUT2D eigenvalue weighted by Crippen LogP contribution is 2.43. The second kappa shape index (κ2) is 31.1. The van der Waals surface area contributed by atoms with Gasteiger partial charge in [0.25, 0.3) is 0 Å². The first kappa shape index (κ1) is 43.5. The van der Waals surface area contributed by atoms with Crippen LogP contribution in [0, 0.1) is 0 Å². The van der Waals surface area contributed by atoms with Gasteiger partial charge in [-0.1, -0.05) is 109 Å². The van der Waals surface area contributed by atoms with Crippen LogP contribution in [-0.4, -0.2) is 60.5 Å². The Morgan fingerprint density at radius 1 is 0.689 bits per heavy atom. The molecule has 3 atom stereocenters. The minimum atomic E-state index is -4.60. The molecule has 45 heavy (non-hydrogen) atoms. The van der Waals surface area contributed by atoms with Crippen molar-refractivity contribution in [2.75, 3.05) is 26.4 Å². The molecule has 0 heterocycles. The largest absolute Gasteiger partial charge is 0.480 e. The number of carboxylic acids is 1. The quantitative estimate of drug-likeness (QED) is 0.0270. The molecule has 10 nitrogen and oxygen atoms in total. The molecule has 0 spiro atoms. The van der Waals surface area contributed by atoms with E-state index in [1.54, 1.807) is 0 Å². The molecule has 0 aliphatic heterocycles. The number of esters is 1. The van der Waals surface area contributed by atoms with E-state index < -0.39 is 45.1 Å². The Kier molecular flexibility index (Phi) is 30.0. The van der Waals surface area contributed by atoms with Gasteiger partial charge in [-0.15, -0.1) is 0 Å². The van der Waals surface area contributed by atoms with Gasteiger partial charge in [-0.05, 0) is 51.4 Å². The third-order valence-corrected chi connectivity index (χ3v) is 8.15. The maximum atomic E-state index is 12.5. The highest BCUT2D eigenvalue weighted by atomic mass is 31.2. The molecule has 0 rings (SSSR count). The molecule has 0 aliphatic carbocycles. The minimum Gasteiger partial charge on any atom is -0.480 e. The number of phosphoric acid groups is 1. The minimum absolute atomic E-state index is 0.0104. The van der Waals surface area contributed by atoms with Crippen LogP contribution in [0.15, 0.2) is 24.3 Å². The Hall–Kier alpha value is -1.55. The Morgan fingerprint density at radius 3 is 1.69 bits per heavy atom. The molecule has 4 N–H and O–H groups in total. The van der Waals surface area contributed by atoms with E-state index in [-0.39, 0.29) is 13.0 Å². The molecule has 0 aromatic heterocycles. The van der Waals surface area contributed by atoms with E-state index in [0.29, 0.717) is 13.0 Å². The average Bonchev–Trinajstić information content (AvgIpc) is 3.01. The van der Waals surface area contributed by atoms with E-state index in [2.05, 4.69) is 42.7 Å². The molecule has 0 amide bonds. The van der Waals surface area contributed by atoms with Crippen LogP contribution in [0.1, 0.15) is 142 Å². The zero-order chi connectivity index (χ0) is 33.4. The van der Waals surface area contributed by atoms with Crippen molar-refractivity contribution in [3.63, 3.8) is 0 Å². The standard InChI is InChI=1S/C34H64NO9P/c1-3-5-7-9-11-13-15-17-19-21-23-25-27-41-28-31(29-42-45(39,40)43-30-32(35)34(37)38)44-33(36)26-24-22-20-18-16-14-12-10-8-6-4-2/h9-12,31-32H,3-8,13-30,35H2,1-2H3,(H,37,38)(H,39,40)/b11-9-,12-10-. The molecule has 0 aromatic carbocycles. The van der Waals surface area contributed by atoms with Gasteiger partial charge in [-0.25, -0.2) is 4.57 Å². The van der Waals surface area contributed by atoms with E-state index in [0.717, 1.165) is 64.2 Å². The molecule has 0 aromatic rings. The van der Waals surface area contributed by atoms with E-state index in [4.69, 9.17) is 24.8 Å². The topological polar surface area (TPSA) is 155 Å². The van der Waals surface area contributed by atoms with E-state index in [1.165, 1.54) is 51.4 Å². The van der Waals surface area contributed by atoms with Crippen LogP contribution < -0.4 is 5.73 Å². The number of carbonyl (C=O) groups excluding carboxylic acids is 1. The van der Waals surface area contributed by atoms with Crippen molar-refractivity contribution in [2.45, 2.75) is 154 Å². The van der Waals surface area contributed by atoms with Crippen LogP contribution in [0.25, 0.3) is 0 Å². The van der Waals surface area contributed by atoms with Crippen molar-refractivity contribution in [1.29, 1.82) is 0 Å². The fraction of sp³-hybridized carbons (Fsp3) is 0.824. The SMILES string of the molecule is CCCC/C=C\CCCCCCCCOCC(COP(=O)(O)OCC(N)C(=O)O)OC(=O)CCCCCCC/C=C\CCCC. The number of hydrogen-bond donors (Lipinski definition) is 3. The van der Waals surface area contributed by atoms with Crippen LogP contribution in [0.2, 0.25) is 0 Å². The first-order chi connectivity index (χ1) is 21.7. The maximum Gasteiger partial charge on any atom is 0.472 e. The zero-order valence-corrected chi connectivity index (χ0v) is 29.1. The first-order valence-electron chi connectivity index (χ1n) is 17.4. The molecule has 0 saturated heterocycles. The summed E-state index contributed by atoms with van der Waals surface area (Å²) in [5.74, 6) is -1.79. The van der Waals surface area contributed by atoms with Crippen LogP contribution in [0.4, 0.5) is 0 Å². The van der Waals surface area contributed by atoms with Crippen molar-refractivity contribution in [2.24, 2.45) is 5.73 Å². The second-order valence-corrected chi connectivity index (χ2v) is 13.1. The molecule has 0 radical (unpaired) electrons. The van der Waals surface area contributed by atoms with Gasteiger partial charge in [0.1, 0.15) is 12.1 Å². The average molecular weight is 662 g/mol. The summed E-state index contributed by atoms with van der Waals surface area (Å²) in [6.07, 6.45) is 29.5. The zero-order valence-electron chi connectivity index (χ0n) is 28.2. The van der Waals surface area contributed by atoms with Crippen molar-refractivity contribution >= 4 is 19.8 Å². The Bertz CT molecular complexity index is 821. The molecule has 0 saturated carbocycles. The molecule has 11 heteroatoms. The van der Waals surface area contributed by atoms with Gasteiger partial charge in [-0.2, -0.15) is 0 Å². The Morgan fingerprint density at radius 2 is 1.16 bits per heavy atom. The third kappa shape index (κ3) is 30.8. The number of carboxylic acid groups (broad SMARTS) is 1. The normalized spacial score (nSPS) is 14.6. The monoisotopic (exact) mass is 661 g/mol. The van der Waals surface area contributed by atoms with E-state index in [9.17, 15) is 19.0 Å². The van der Waals surface area contributed by atoms with Gasteiger partial charge in [-0.3, -0.25) is 18.6 Å². The van der Waals surface area contributed by atoms with Crippen LogP contribution in [-0.2, 0) is 32.7 Å². The van der Waals surface area contributed by atoms with Crippen molar-refractivity contribution in [3.05, 3.63) is 24.3 Å². The van der Waals surface area contributed by atoms with Gasteiger partial charge >= 0.3 is 19.8 Å². The molecule has 3 unspecified atom stereocenters. The summed E-state index contributed by atoms with van der Waals surface area (Å²) < 4.78 is 33.1. The van der Waals surface area contributed by atoms with Gasteiger partial charge < -0.3 is 25.2 Å². The predicted molar refractivity (Wildman–Crippen MR) is 180 cm³/mol. The number of ether oxygens (including phenoxy) is 2. The number of phosphoric ester groups is 1. The number of nitrogens with two attached hydrogens (primary N) is 1. The smallest absolute Gasteiger partial charge is 0.472 e. The van der Waals surface area contributed by atoms with E-state index in [1.807, 2.05) is 0 Å². The lowest BCUT2D eigenvalue weighted by molar-refractivity contribution is -0.154. The van der Waals surface area contributed by atoms with Gasteiger partial charge in [0.2, 0.25) is 0 Å². The summed E-state index contributed by atoms with van der Waals surface area (Å²) >= 11 is 0. The predicted octanol–water partition coefficient (Wildman–Crippen LogP) is 8.41. The van der Waals surface area contributed by atoms with Gasteiger partial charge in [0.15, 0.2) is 0 Å². The number of rotatable bonds is 33. The summed E-state index contributed by atoms with van der Waals surface area (Å²) in [4.78, 5) is 33.2. The fourth-order valence-electron chi connectivity index (χ4n) is 4.39. The number of unbranched alkanes of at least 4 members (excludes halogenated alkanes) is 15. The second-order valence-electron chi connectivity index (χ2n) is 11.6. The fourth-order valence-corrected chi connectivity index (χ4v) is 5.16. The third-order valence-electron chi connectivity index (χ3n) is 7.20. The van der Waals surface area contributed by atoms with Crippen molar-refractivity contribution in [3.8, 4) is 0 Å². The van der Waals surface area contributed by atoms with Crippen molar-refractivity contribution < 1.29 is 42.7 Å². The molecule has 0 aliphatic rings. The van der Waals surface area contributed by atoms with Crippen LogP contribution in [0.3, 0.4) is 0 Å². The molecule has 0 bridgehead atoms. The number of aliphatic carboxylic acids is 1. The maximum absolute atomic E-state index is 12.5. The van der Waals surface area contributed by atoms with Crippen LogP contribution >= 0.6 is 7.82 Å². The Balaban J connectivity index is 4.38. The van der Waals surface area contributed by atoms with Gasteiger partial charge in [0.05, 0.1) is 19.8 Å². The number of hydrogen-bond acceptors (Lipinski definition) is 8. The summed E-state index contributed by atoms with van der Waals surface area (Å²) in [5, 5.41) is 8.83. The van der Waals surface area contributed by atoms with E-state index >= 15 is 0 Å². The number of allylic oxidation sites excluding steroid dienone is 4. The summed E-state index contributed by atoms with van der Waals surface area (Å²) in [5.41, 5.74) is 5.32. The molecule has 264 valence electrons. The lowest BCUT2D eigenvalue weighted by Gasteiger charge is -2.20. The lowest BCUT2D eigenvalue weighted by atomic mass is 10.1. The summed E-state index contributed by atoms with van der Waals surface area (Å²) in [7, 11) is -4.60. The lowest BCUT2D eigenvalue weighted by Crippen LogP contribution is -2.34. The molecular formula is C34H64NO9P. The highest BCUT2D eigenvalue weighted by molar-refractivity contribution is 7.47. The van der Waals surface area contributed by atoms with Crippen LogP contribution in [0.5, 0.6) is 0 Å². The summed E-state index contributed by atoms with van der Waals surface area (Å²) in [6, 6.07) is -1.47. The highest BCUT2D eigenvalue weighted by Gasteiger charge is 2.27.